The maximum absolute atomic E-state index is 13.6. The van der Waals surface area contributed by atoms with Crippen molar-refractivity contribution in [2.75, 3.05) is 0 Å². The number of alkyl halides is 1. The van der Waals surface area contributed by atoms with Crippen LogP contribution in [0.2, 0.25) is 0 Å². The molecule has 2 aromatic rings. The van der Waals surface area contributed by atoms with Crippen molar-refractivity contribution in [3.63, 3.8) is 0 Å². The van der Waals surface area contributed by atoms with Crippen molar-refractivity contribution in [3.05, 3.63) is 56.4 Å². The van der Waals surface area contributed by atoms with Crippen molar-refractivity contribution in [3.8, 4) is 0 Å². The van der Waals surface area contributed by atoms with Crippen molar-refractivity contribution in [2.45, 2.75) is 11.8 Å². The highest BCUT2D eigenvalue weighted by atomic mass is 79.9. The molecule has 0 amide bonds. The van der Waals surface area contributed by atoms with Gasteiger partial charge in [-0.25, -0.2) is 4.39 Å². The van der Waals surface area contributed by atoms with Gasteiger partial charge in [0.1, 0.15) is 5.82 Å². The molecule has 0 aliphatic rings. The average molecular weight is 320 g/mol. The number of thiophene rings is 1. The van der Waals surface area contributed by atoms with Gasteiger partial charge in [-0.15, -0.1) is 22.9 Å². The third-order valence-electron chi connectivity index (χ3n) is 2.26. The van der Waals surface area contributed by atoms with Crippen LogP contribution in [0.4, 0.5) is 4.39 Å². The second-order valence-electron chi connectivity index (χ2n) is 3.42. The minimum Gasteiger partial charge on any atom is -0.207 e. The largest absolute Gasteiger partial charge is 0.207 e. The van der Waals surface area contributed by atoms with E-state index in [9.17, 15) is 4.39 Å². The molecular weight excluding hydrogens is 311 g/mol. The summed E-state index contributed by atoms with van der Waals surface area (Å²) in [6.07, 6.45) is 0.664. The minimum absolute atomic E-state index is 0.258. The molecule has 4 heteroatoms. The van der Waals surface area contributed by atoms with Crippen molar-refractivity contribution in [1.29, 1.82) is 0 Å². The van der Waals surface area contributed by atoms with Crippen LogP contribution in [0, 0.1) is 5.82 Å². The lowest BCUT2D eigenvalue weighted by Gasteiger charge is -2.09. The topological polar surface area (TPSA) is 0 Å². The molecule has 0 aliphatic carbocycles. The quantitative estimate of drug-likeness (QED) is 0.684. The second kappa shape index (κ2) is 5.30. The van der Waals surface area contributed by atoms with Crippen LogP contribution in [0.1, 0.15) is 15.8 Å². The number of halogens is 3. The summed E-state index contributed by atoms with van der Waals surface area (Å²) in [7, 11) is 0. The molecule has 2 rings (SSSR count). The van der Waals surface area contributed by atoms with Crippen LogP contribution in [0.25, 0.3) is 0 Å². The van der Waals surface area contributed by atoms with Gasteiger partial charge in [0.15, 0.2) is 0 Å². The molecule has 0 saturated carbocycles. The average Bonchev–Trinajstić information content (AvgIpc) is 2.70. The molecule has 1 heterocycles. The summed E-state index contributed by atoms with van der Waals surface area (Å²) < 4.78 is 14.3. The predicted octanol–water partition coefficient (Wildman–Crippen LogP) is 5.17. The van der Waals surface area contributed by atoms with Gasteiger partial charge >= 0.3 is 0 Å². The Hall–Kier alpha value is -0.380. The van der Waals surface area contributed by atoms with Gasteiger partial charge in [0.2, 0.25) is 0 Å². The van der Waals surface area contributed by atoms with Gasteiger partial charge in [0.05, 0.1) is 5.38 Å². The van der Waals surface area contributed by atoms with Crippen LogP contribution in [0.3, 0.4) is 0 Å². The van der Waals surface area contributed by atoms with E-state index in [1.807, 2.05) is 23.6 Å². The molecule has 84 valence electrons. The Labute approximate surface area is 111 Å². The van der Waals surface area contributed by atoms with Crippen molar-refractivity contribution >= 4 is 38.9 Å². The van der Waals surface area contributed by atoms with Crippen LogP contribution in [0.5, 0.6) is 0 Å². The summed E-state index contributed by atoms with van der Waals surface area (Å²) in [6.45, 7) is 0. The second-order valence-corrected chi connectivity index (χ2v) is 5.89. The SMILES string of the molecule is Fc1cc(Br)ccc1C(Cl)Cc1cccs1. The van der Waals surface area contributed by atoms with Gasteiger partial charge in [-0.05, 0) is 23.6 Å². The number of benzene rings is 1. The van der Waals surface area contributed by atoms with Crippen molar-refractivity contribution in [2.24, 2.45) is 0 Å². The lowest BCUT2D eigenvalue weighted by molar-refractivity contribution is 0.605. The molecule has 0 radical (unpaired) electrons. The van der Waals surface area contributed by atoms with E-state index in [4.69, 9.17) is 11.6 Å². The fourth-order valence-corrected chi connectivity index (χ4v) is 2.99. The predicted molar refractivity (Wildman–Crippen MR) is 70.7 cm³/mol. The third-order valence-corrected chi connectivity index (χ3v) is 4.04. The highest BCUT2D eigenvalue weighted by Crippen LogP contribution is 2.30. The summed E-state index contributed by atoms with van der Waals surface area (Å²) in [6, 6.07) is 8.96. The first-order valence-corrected chi connectivity index (χ1v) is 6.89. The fraction of sp³-hybridized carbons (Fsp3) is 0.167. The monoisotopic (exact) mass is 318 g/mol. The number of hydrogen-bond donors (Lipinski definition) is 0. The molecule has 0 spiro atoms. The molecule has 16 heavy (non-hydrogen) atoms. The first kappa shape index (κ1) is 12.1. The zero-order valence-electron chi connectivity index (χ0n) is 8.29. The van der Waals surface area contributed by atoms with E-state index >= 15 is 0 Å². The van der Waals surface area contributed by atoms with Crippen LogP contribution in [-0.4, -0.2) is 0 Å². The van der Waals surface area contributed by atoms with Crippen LogP contribution in [-0.2, 0) is 6.42 Å². The van der Waals surface area contributed by atoms with Gasteiger partial charge in [0.25, 0.3) is 0 Å². The minimum atomic E-state index is -0.313. The molecule has 1 unspecified atom stereocenters. The molecular formula is C12H9BrClFS. The van der Waals surface area contributed by atoms with Gasteiger partial charge < -0.3 is 0 Å². The molecule has 0 saturated heterocycles. The molecule has 0 bridgehead atoms. The Morgan fingerprint density at radius 2 is 2.19 bits per heavy atom. The molecule has 1 atom stereocenters. The number of hydrogen-bond acceptors (Lipinski definition) is 1. The maximum Gasteiger partial charge on any atom is 0.129 e. The Bertz CT molecular complexity index is 470. The normalized spacial score (nSPS) is 12.7. The summed E-state index contributed by atoms with van der Waals surface area (Å²) in [5, 5.41) is 1.68. The summed E-state index contributed by atoms with van der Waals surface area (Å²) in [5.41, 5.74) is 0.554. The standard InChI is InChI=1S/C12H9BrClFS/c13-8-3-4-10(12(15)6-8)11(14)7-9-2-1-5-16-9/h1-6,11H,7H2. The molecule has 0 N–H and O–H groups in total. The lowest BCUT2D eigenvalue weighted by atomic mass is 10.1. The van der Waals surface area contributed by atoms with Gasteiger partial charge in [-0.1, -0.05) is 28.1 Å². The highest BCUT2D eigenvalue weighted by molar-refractivity contribution is 9.10. The van der Waals surface area contributed by atoms with Crippen molar-refractivity contribution in [1.82, 2.24) is 0 Å². The molecule has 0 aliphatic heterocycles. The molecule has 1 aromatic heterocycles. The fourth-order valence-electron chi connectivity index (χ4n) is 1.47. The van der Waals surface area contributed by atoms with E-state index in [0.29, 0.717) is 12.0 Å². The Morgan fingerprint density at radius 3 is 2.81 bits per heavy atom. The molecule has 0 fully saturated rings. The van der Waals surface area contributed by atoms with E-state index in [1.165, 1.54) is 10.9 Å². The van der Waals surface area contributed by atoms with E-state index in [1.54, 1.807) is 17.4 Å². The van der Waals surface area contributed by atoms with E-state index in [2.05, 4.69) is 15.9 Å². The van der Waals surface area contributed by atoms with Gasteiger partial charge in [0, 0.05) is 21.3 Å². The van der Waals surface area contributed by atoms with E-state index < -0.39 is 0 Å². The third kappa shape index (κ3) is 2.84. The molecule has 1 aromatic carbocycles. The van der Waals surface area contributed by atoms with E-state index in [-0.39, 0.29) is 11.2 Å². The smallest absolute Gasteiger partial charge is 0.129 e. The molecule has 0 nitrogen and oxygen atoms in total. The van der Waals surface area contributed by atoms with Crippen molar-refractivity contribution < 1.29 is 4.39 Å². The first-order chi connectivity index (χ1) is 7.66. The summed E-state index contributed by atoms with van der Waals surface area (Å²) >= 11 is 11.1. The Morgan fingerprint density at radius 1 is 1.38 bits per heavy atom. The first-order valence-electron chi connectivity index (χ1n) is 4.78. The van der Waals surface area contributed by atoms with Crippen LogP contribution < -0.4 is 0 Å². The Kier molecular flexibility index (Phi) is 4.00. The van der Waals surface area contributed by atoms with Gasteiger partial charge in [-0.2, -0.15) is 0 Å². The summed E-state index contributed by atoms with van der Waals surface area (Å²) in [4.78, 5) is 1.17. The number of rotatable bonds is 3. The van der Waals surface area contributed by atoms with Gasteiger partial charge in [-0.3, -0.25) is 0 Å². The Balaban J connectivity index is 2.17. The van der Waals surface area contributed by atoms with E-state index in [0.717, 1.165) is 4.47 Å². The zero-order chi connectivity index (χ0) is 11.5. The highest BCUT2D eigenvalue weighted by Gasteiger charge is 2.14. The zero-order valence-corrected chi connectivity index (χ0v) is 11.4. The maximum atomic E-state index is 13.6. The lowest BCUT2D eigenvalue weighted by Crippen LogP contribution is -1.97. The van der Waals surface area contributed by atoms with Crippen LogP contribution >= 0.6 is 38.9 Å². The summed E-state index contributed by atoms with van der Waals surface area (Å²) in [5.74, 6) is -0.258. The van der Waals surface area contributed by atoms with Crippen LogP contribution in [0.15, 0.2) is 40.2 Å².